The van der Waals surface area contributed by atoms with Crippen LogP contribution in [-0.2, 0) is 4.79 Å². The average molecular weight is 359 g/mol. The number of nitrogens with one attached hydrogen (secondary N) is 1. The number of anilines is 2. The van der Waals surface area contributed by atoms with Crippen molar-refractivity contribution in [3.05, 3.63) is 84.4 Å². The van der Waals surface area contributed by atoms with E-state index in [1.54, 1.807) is 0 Å². The topological polar surface area (TPSA) is 67.5 Å². The highest BCUT2D eigenvalue weighted by Crippen LogP contribution is 2.36. The molecule has 1 amide bonds. The van der Waals surface area contributed by atoms with E-state index in [0.717, 1.165) is 27.5 Å². The van der Waals surface area contributed by atoms with Crippen LogP contribution in [0.2, 0.25) is 0 Å². The molecule has 0 bridgehead atoms. The predicted molar refractivity (Wildman–Crippen MR) is 108 cm³/mol. The Kier molecular flexibility index (Phi) is 4.46. The first-order valence-electron chi connectivity index (χ1n) is 8.27. The van der Waals surface area contributed by atoms with Crippen molar-refractivity contribution in [2.75, 3.05) is 11.1 Å². The largest absolute Gasteiger partial charge is 0.398 e. The molecule has 3 aromatic rings. The minimum atomic E-state index is -0.505. The second-order valence-corrected chi connectivity index (χ2v) is 7.05. The number of fused-ring (bicyclic) bond motifs is 1. The molecule has 0 radical (unpaired) electrons. The molecular weight excluding hydrogens is 342 g/mol. The summed E-state index contributed by atoms with van der Waals surface area (Å²) in [4.78, 5) is 18.7. The number of carbonyl (C=O) groups excluding carboxylic acids is 1. The van der Waals surface area contributed by atoms with Crippen LogP contribution in [0.5, 0.6) is 0 Å². The zero-order chi connectivity index (χ0) is 17.9. The van der Waals surface area contributed by atoms with Gasteiger partial charge < -0.3 is 11.1 Å². The summed E-state index contributed by atoms with van der Waals surface area (Å²) in [6.07, 6.45) is 0. The highest BCUT2D eigenvalue weighted by molar-refractivity contribution is 8.01. The molecule has 0 aromatic heterocycles. The lowest BCUT2D eigenvalue weighted by Gasteiger charge is -2.17. The van der Waals surface area contributed by atoms with E-state index in [0.29, 0.717) is 5.69 Å². The first kappa shape index (κ1) is 16.4. The first-order valence-corrected chi connectivity index (χ1v) is 9.15. The maximum Gasteiger partial charge on any atom is 0.244 e. The standard InChI is InChI=1S/C21H17N3OS/c22-15-10-4-7-13-18(15)26-20-19(14-8-2-1-3-9-14)23-16-11-5-6-12-17(16)24-21(20)25/h1-13,20H,22H2,(H,24,25)/t20-/m0/s1. The van der Waals surface area contributed by atoms with Crippen molar-refractivity contribution < 1.29 is 4.79 Å². The molecule has 1 heterocycles. The summed E-state index contributed by atoms with van der Waals surface area (Å²) in [6.45, 7) is 0. The molecule has 4 rings (SSSR count). The number of carbonyl (C=O) groups is 1. The number of amides is 1. The highest BCUT2D eigenvalue weighted by Gasteiger charge is 2.30. The lowest BCUT2D eigenvalue weighted by atomic mass is 10.1. The van der Waals surface area contributed by atoms with Crippen LogP contribution < -0.4 is 11.1 Å². The summed E-state index contributed by atoms with van der Waals surface area (Å²) in [6, 6.07) is 24.9. The van der Waals surface area contributed by atoms with Gasteiger partial charge in [0.15, 0.2) is 0 Å². The van der Waals surface area contributed by atoms with Gasteiger partial charge in [0.1, 0.15) is 5.25 Å². The van der Waals surface area contributed by atoms with Gasteiger partial charge in [-0.05, 0) is 29.8 Å². The number of aliphatic imine (C=N–C) groups is 1. The third kappa shape index (κ3) is 3.21. The maximum absolute atomic E-state index is 13.0. The number of thioether (sulfide) groups is 1. The molecule has 0 saturated carbocycles. The molecule has 0 fully saturated rings. The number of para-hydroxylation sites is 3. The van der Waals surface area contributed by atoms with Crippen LogP contribution in [0.15, 0.2) is 88.8 Å². The van der Waals surface area contributed by atoms with Crippen LogP contribution in [0.25, 0.3) is 0 Å². The lowest BCUT2D eigenvalue weighted by molar-refractivity contribution is -0.114. The van der Waals surface area contributed by atoms with Gasteiger partial charge in [-0.15, -0.1) is 11.8 Å². The number of nitrogen functional groups attached to an aromatic ring is 1. The van der Waals surface area contributed by atoms with E-state index in [9.17, 15) is 4.79 Å². The van der Waals surface area contributed by atoms with Crippen LogP contribution >= 0.6 is 11.8 Å². The smallest absolute Gasteiger partial charge is 0.244 e. The van der Waals surface area contributed by atoms with Crippen molar-refractivity contribution >= 4 is 40.4 Å². The molecular formula is C21H17N3OS. The van der Waals surface area contributed by atoms with Crippen LogP contribution in [0, 0.1) is 0 Å². The molecule has 3 aromatic carbocycles. The van der Waals surface area contributed by atoms with Gasteiger partial charge in [-0.1, -0.05) is 54.6 Å². The van der Waals surface area contributed by atoms with Crippen molar-refractivity contribution in [1.82, 2.24) is 0 Å². The molecule has 1 aliphatic rings. The molecule has 4 nitrogen and oxygen atoms in total. The fourth-order valence-corrected chi connectivity index (χ4v) is 3.92. The SMILES string of the molecule is Nc1ccccc1S[C@@H]1C(=O)Nc2ccccc2N=C1c1ccccc1. The number of nitrogens with zero attached hydrogens (tertiary/aromatic N) is 1. The predicted octanol–water partition coefficient (Wildman–Crippen LogP) is 4.50. The Bertz CT molecular complexity index is 985. The number of rotatable bonds is 3. The number of nitrogens with two attached hydrogens (primary N) is 1. The Labute approximate surface area is 156 Å². The summed E-state index contributed by atoms with van der Waals surface area (Å²) in [7, 11) is 0. The van der Waals surface area contributed by atoms with Gasteiger partial charge in [0, 0.05) is 10.6 Å². The first-order chi connectivity index (χ1) is 12.7. The summed E-state index contributed by atoms with van der Waals surface area (Å²) >= 11 is 1.42. The van der Waals surface area contributed by atoms with Gasteiger partial charge in [-0.3, -0.25) is 4.79 Å². The number of hydrogen-bond acceptors (Lipinski definition) is 4. The fourth-order valence-electron chi connectivity index (χ4n) is 2.84. The zero-order valence-electron chi connectivity index (χ0n) is 13.9. The third-order valence-corrected chi connectivity index (χ3v) is 5.42. The highest BCUT2D eigenvalue weighted by atomic mass is 32.2. The number of benzene rings is 3. The van der Waals surface area contributed by atoms with E-state index in [4.69, 9.17) is 10.7 Å². The van der Waals surface area contributed by atoms with E-state index in [1.165, 1.54) is 11.8 Å². The van der Waals surface area contributed by atoms with Gasteiger partial charge in [0.25, 0.3) is 0 Å². The second kappa shape index (κ2) is 7.06. The minimum absolute atomic E-state index is 0.106. The van der Waals surface area contributed by atoms with Crippen molar-refractivity contribution in [2.24, 2.45) is 4.99 Å². The Balaban J connectivity index is 1.83. The second-order valence-electron chi connectivity index (χ2n) is 5.91. The van der Waals surface area contributed by atoms with Crippen LogP contribution in [0.1, 0.15) is 5.56 Å². The monoisotopic (exact) mass is 359 g/mol. The van der Waals surface area contributed by atoms with Crippen molar-refractivity contribution in [2.45, 2.75) is 10.1 Å². The summed E-state index contributed by atoms with van der Waals surface area (Å²) in [5.41, 5.74) is 9.87. The van der Waals surface area contributed by atoms with E-state index in [1.807, 2.05) is 78.9 Å². The molecule has 128 valence electrons. The molecule has 1 atom stereocenters. The molecule has 0 spiro atoms. The Hall–Kier alpha value is -3.05. The zero-order valence-corrected chi connectivity index (χ0v) is 14.7. The summed E-state index contributed by atoms with van der Waals surface area (Å²) in [5.74, 6) is -0.106. The maximum atomic E-state index is 13.0. The van der Waals surface area contributed by atoms with E-state index in [-0.39, 0.29) is 5.91 Å². The average Bonchev–Trinajstić information content (AvgIpc) is 2.81. The molecule has 5 heteroatoms. The van der Waals surface area contributed by atoms with Gasteiger partial charge in [-0.2, -0.15) is 0 Å². The summed E-state index contributed by atoms with van der Waals surface area (Å²) < 4.78 is 0. The Morgan fingerprint density at radius 1 is 0.885 bits per heavy atom. The van der Waals surface area contributed by atoms with Gasteiger partial charge >= 0.3 is 0 Å². The quantitative estimate of drug-likeness (QED) is 0.677. The normalized spacial score (nSPS) is 16.2. The van der Waals surface area contributed by atoms with Crippen LogP contribution in [0.4, 0.5) is 17.1 Å². The molecule has 0 saturated heterocycles. The van der Waals surface area contributed by atoms with Gasteiger partial charge in [0.2, 0.25) is 5.91 Å². The summed E-state index contributed by atoms with van der Waals surface area (Å²) in [5, 5.41) is 2.49. The molecule has 0 aliphatic carbocycles. The minimum Gasteiger partial charge on any atom is -0.398 e. The van der Waals surface area contributed by atoms with Gasteiger partial charge in [0.05, 0.1) is 17.1 Å². The molecule has 26 heavy (non-hydrogen) atoms. The molecule has 1 aliphatic heterocycles. The van der Waals surface area contributed by atoms with Gasteiger partial charge in [-0.25, -0.2) is 4.99 Å². The molecule has 3 N–H and O–H groups in total. The fraction of sp³-hybridized carbons (Fsp3) is 0.0476. The van der Waals surface area contributed by atoms with E-state index >= 15 is 0 Å². The van der Waals surface area contributed by atoms with E-state index in [2.05, 4.69) is 5.32 Å². The van der Waals surface area contributed by atoms with Crippen LogP contribution in [-0.4, -0.2) is 16.9 Å². The molecule has 0 unspecified atom stereocenters. The van der Waals surface area contributed by atoms with E-state index < -0.39 is 5.25 Å². The lowest BCUT2D eigenvalue weighted by Crippen LogP contribution is -2.31. The third-order valence-electron chi connectivity index (χ3n) is 4.12. The van der Waals surface area contributed by atoms with Crippen molar-refractivity contribution in [1.29, 1.82) is 0 Å². The Morgan fingerprint density at radius 3 is 2.38 bits per heavy atom. The number of hydrogen-bond donors (Lipinski definition) is 2. The van der Waals surface area contributed by atoms with Crippen molar-refractivity contribution in [3.63, 3.8) is 0 Å². The Morgan fingerprint density at radius 2 is 1.58 bits per heavy atom. The van der Waals surface area contributed by atoms with Crippen LogP contribution in [0.3, 0.4) is 0 Å². The van der Waals surface area contributed by atoms with Crippen molar-refractivity contribution in [3.8, 4) is 0 Å².